The Balaban J connectivity index is 1.58. The molecule has 0 radical (unpaired) electrons. The molecule has 126 valence electrons. The van der Waals surface area contributed by atoms with Gasteiger partial charge in [0.2, 0.25) is 5.90 Å². The average molecular weight is 326 g/mol. The van der Waals surface area contributed by atoms with Crippen LogP contribution in [0.4, 0.5) is 0 Å². The van der Waals surface area contributed by atoms with Crippen LogP contribution in [0.3, 0.4) is 0 Å². The SMILES string of the molecule is COC1=NC=CN2NCC3=C2C1=CC(=O)[C@H]3C1CN2CCC1CC2. The lowest BCUT2D eigenvalue weighted by Crippen LogP contribution is -2.51. The lowest BCUT2D eigenvalue weighted by Gasteiger charge is -2.48. The first-order valence-corrected chi connectivity index (χ1v) is 8.79. The molecule has 2 atom stereocenters. The molecule has 1 unspecified atom stereocenters. The standard InChI is InChI=1S/C18H22N4O2/c1-24-18-12-8-15(23)16(14-10-21-5-2-11(14)3-6-21)13-9-20-22(17(12)13)7-4-19-18/h4,7-8,11,14,16,20H,2-3,5-6,9-10H2,1H3/t14?,16-/m1/s1. The fourth-order valence-electron chi connectivity index (χ4n) is 5.07. The number of nitrogens with zero attached hydrogens (tertiary/aromatic N) is 3. The molecule has 3 saturated heterocycles. The predicted molar refractivity (Wildman–Crippen MR) is 89.7 cm³/mol. The maximum Gasteiger partial charge on any atom is 0.222 e. The summed E-state index contributed by atoms with van der Waals surface area (Å²) < 4.78 is 5.42. The molecule has 1 N–H and O–H groups in total. The number of fused-ring (bicyclic) bond motifs is 3. The molecule has 5 aliphatic heterocycles. The molecule has 3 fully saturated rings. The summed E-state index contributed by atoms with van der Waals surface area (Å²) in [5, 5.41) is 2.00. The molecule has 0 saturated carbocycles. The lowest BCUT2D eigenvalue weighted by molar-refractivity contribution is -0.121. The minimum atomic E-state index is -0.000967. The number of hydrogen-bond acceptors (Lipinski definition) is 6. The number of hydrogen-bond donors (Lipinski definition) is 1. The summed E-state index contributed by atoms with van der Waals surface area (Å²) in [6.45, 7) is 4.18. The first-order chi connectivity index (χ1) is 11.8. The van der Waals surface area contributed by atoms with Crippen molar-refractivity contribution < 1.29 is 9.53 Å². The summed E-state index contributed by atoms with van der Waals surface area (Å²) in [5.74, 6) is 1.86. The van der Waals surface area contributed by atoms with Crippen molar-refractivity contribution >= 4 is 11.7 Å². The van der Waals surface area contributed by atoms with Crippen LogP contribution in [0.1, 0.15) is 12.8 Å². The minimum absolute atomic E-state index is 0.000967. The highest BCUT2D eigenvalue weighted by Gasteiger charge is 2.47. The second-order valence-corrected chi connectivity index (χ2v) is 7.26. The summed E-state index contributed by atoms with van der Waals surface area (Å²) in [5.41, 5.74) is 6.49. The zero-order chi connectivity index (χ0) is 16.3. The number of carbonyl (C=O) groups excluding carboxylic acids is 1. The van der Waals surface area contributed by atoms with Crippen LogP contribution in [0.15, 0.2) is 40.3 Å². The molecule has 6 nitrogen and oxygen atoms in total. The second kappa shape index (κ2) is 5.29. The molecule has 24 heavy (non-hydrogen) atoms. The highest BCUT2D eigenvalue weighted by molar-refractivity contribution is 6.09. The van der Waals surface area contributed by atoms with E-state index in [1.807, 2.05) is 11.2 Å². The minimum Gasteiger partial charge on any atom is -0.481 e. The van der Waals surface area contributed by atoms with E-state index >= 15 is 0 Å². The predicted octanol–water partition coefficient (Wildman–Crippen LogP) is 1.06. The Morgan fingerprint density at radius 2 is 2.17 bits per heavy atom. The Kier molecular flexibility index (Phi) is 3.18. The van der Waals surface area contributed by atoms with Crippen molar-refractivity contribution in [2.24, 2.45) is 22.7 Å². The Bertz CT molecular complexity index is 713. The van der Waals surface area contributed by atoms with Gasteiger partial charge in [-0.2, -0.15) is 0 Å². The molecule has 0 spiro atoms. The van der Waals surface area contributed by atoms with Gasteiger partial charge in [0.05, 0.1) is 24.3 Å². The van der Waals surface area contributed by atoms with Crippen molar-refractivity contribution in [2.45, 2.75) is 12.8 Å². The molecule has 6 rings (SSSR count). The van der Waals surface area contributed by atoms with Crippen LogP contribution in [0.5, 0.6) is 0 Å². The largest absolute Gasteiger partial charge is 0.481 e. The van der Waals surface area contributed by atoms with Gasteiger partial charge in [-0.25, -0.2) is 10.4 Å². The molecule has 0 amide bonds. The van der Waals surface area contributed by atoms with E-state index in [1.165, 1.54) is 31.5 Å². The topological polar surface area (TPSA) is 57.2 Å². The zero-order valence-corrected chi connectivity index (χ0v) is 13.9. The van der Waals surface area contributed by atoms with Crippen molar-refractivity contribution in [3.63, 3.8) is 0 Å². The summed E-state index contributed by atoms with van der Waals surface area (Å²) in [6, 6.07) is 0. The van der Waals surface area contributed by atoms with E-state index in [0.717, 1.165) is 24.4 Å². The van der Waals surface area contributed by atoms with Crippen LogP contribution < -0.4 is 5.43 Å². The molecule has 0 aromatic heterocycles. The molecular formula is C18H22N4O2. The van der Waals surface area contributed by atoms with Crippen LogP contribution in [0.2, 0.25) is 0 Å². The molecule has 0 aromatic carbocycles. The second-order valence-electron chi connectivity index (χ2n) is 7.26. The van der Waals surface area contributed by atoms with Gasteiger partial charge >= 0.3 is 0 Å². The molecule has 5 heterocycles. The van der Waals surface area contributed by atoms with Gasteiger partial charge in [-0.1, -0.05) is 0 Å². The summed E-state index contributed by atoms with van der Waals surface area (Å²) in [7, 11) is 1.61. The number of rotatable bonds is 1. The van der Waals surface area contributed by atoms with E-state index in [-0.39, 0.29) is 11.7 Å². The third-order valence-corrected chi connectivity index (χ3v) is 6.17. The van der Waals surface area contributed by atoms with Crippen molar-refractivity contribution in [2.75, 3.05) is 33.3 Å². The Labute approximate surface area is 141 Å². The van der Waals surface area contributed by atoms with E-state index in [0.29, 0.717) is 17.7 Å². The van der Waals surface area contributed by atoms with Crippen LogP contribution in [-0.2, 0) is 9.53 Å². The Morgan fingerprint density at radius 3 is 2.88 bits per heavy atom. The van der Waals surface area contributed by atoms with Crippen LogP contribution in [0, 0.1) is 17.8 Å². The van der Waals surface area contributed by atoms with Gasteiger partial charge in [0, 0.05) is 25.5 Å². The number of ketones is 1. The van der Waals surface area contributed by atoms with Gasteiger partial charge in [-0.3, -0.25) is 9.80 Å². The van der Waals surface area contributed by atoms with Crippen molar-refractivity contribution in [1.29, 1.82) is 0 Å². The highest BCUT2D eigenvalue weighted by atomic mass is 16.5. The van der Waals surface area contributed by atoms with Gasteiger partial charge in [0.15, 0.2) is 5.78 Å². The van der Waals surface area contributed by atoms with E-state index in [4.69, 9.17) is 4.74 Å². The first kappa shape index (κ1) is 14.4. The summed E-state index contributed by atoms with van der Waals surface area (Å²) in [4.78, 5) is 19.9. The summed E-state index contributed by atoms with van der Waals surface area (Å²) >= 11 is 0. The van der Waals surface area contributed by atoms with Gasteiger partial charge in [0.25, 0.3) is 0 Å². The highest BCUT2D eigenvalue weighted by Crippen LogP contribution is 2.45. The van der Waals surface area contributed by atoms with Crippen molar-refractivity contribution in [1.82, 2.24) is 15.3 Å². The van der Waals surface area contributed by atoms with E-state index in [9.17, 15) is 4.79 Å². The number of aliphatic imine (C=N–C) groups is 1. The normalized spacial score (nSPS) is 37.2. The third-order valence-electron chi connectivity index (χ3n) is 6.17. The number of carbonyl (C=O) groups is 1. The summed E-state index contributed by atoms with van der Waals surface area (Å²) in [6.07, 6.45) is 7.85. The Hall–Kier alpha value is -1.92. The number of methoxy groups -OCH3 is 1. The first-order valence-electron chi connectivity index (χ1n) is 8.79. The monoisotopic (exact) mass is 326 g/mol. The number of nitrogens with one attached hydrogen (secondary N) is 1. The van der Waals surface area contributed by atoms with Crippen LogP contribution in [0.25, 0.3) is 0 Å². The van der Waals surface area contributed by atoms with E-state index < -0.39 is 0 Å². The van der Waals surface area contributed by atoms with Gasteiger partial charge in [-0.05, 0) is 49.4 Å². The number of piperidine rings is 3. The smallest absolute Gasteiger partial charge is 0.222 e. The maximum atomic E-state index is 13.1. The zero-order valence-electron chi connectivity index (χ0n) is 13.9. The molecule has 6 aliphatic rings. The molecule has 0 aromatic rings. The van der Waals surface area contributed by atoms with Crippen molar-refractivity contribution in [3.8, 4) is 0 Å². The van der Waals surface area contributed by atoms with E-state index in [2.05, 4.69) is 15.3 Å². The fraction of sp³-hybridized carbons (Fsp3) is 0.556. The number of allylic oxidation sites excluding steroid dienone is 1. The van der Waals surface area contributed by atoms with E-state index in [1.54, 1.807) is 19.4 Å². The van der Waals surface area contributed by atoms with Crippen LogP contribution in [-0.4, -0.2) is 54.9 Å². The van der Waals surface area contributed by atoms with Crippen LogP contribution >= 0.6 is 0 Å². The fourth-order valence-corrected chi connectivity index (χ4v) is 5.07. The van der Waals surface area contributed by atoms with Crippen molar-refractivity contribution in [3.05, 3.63) is 35.3 Å². The Morgan fingerprint density at radius 1 is 1.33 bits per heavy atom. The third kappa shape index (κ3) is 1.96. The molecule has 2 bridgehead atoms. The quantitative estimate of drug-likeness (QED) is 0.781. The van der Waals surface area contributed by atoms with Gasteiger partial charge in [-0.15, -0.1) is 0 Å². The average Bonchev–Trinajstić information content (AvgIpc) is 2.94. The molecule has 1 aliphatic carbocycles. The maximum absolute atomic E-state index is 13.1. The van der Waals surface area contributed by atoms with Gasteiger partial charge in [0.1, 0.15) is 0 Å². The molecular weight excluding hydrogens is 304 g/mol. The van der Waals surface area contributed by atoms with Gasteiger partial charge < -0.3 is 9.64 Å². The number of ether oxygens (including phenoxy) is 1. The molecule has 6 heteroatoms. The number of hydrazine groups is 1. The lowest BCUT2D eigenvalue weighted by atomic mass is 9.67.